The first-order valence-corrected chi connectivity index (χ1v) is 9.73. The molecular weight excluding hydrogens is 416 g/mol. The average Bonchev–Trinajstić information content (AvgIpc) is 3.20. The highest BCUT2D eigenvalue weighted by molar-refractivity contribution is 9.10. The Kier molecular flexibility index (Phi) is 3.77. The van der Waals surface area contributed by atoms with Gasteiger partial charge in [-0.25, -0.2) is 9.78 Å². The number of rotatable bonds is 2. The van der Waals surface area contributed by atoms with E-state index in [1.165, 1.54) is 0 Å². The summed E-state index contributed by atoms with van der Waals surface area (Å²) in [6, 6.07) is 22.3. The lowest BCUT2D eigenvalue weighted by Gasteiger charge is -2.10. The van der Waals surface area contributed by atoms with E-state index >= 15 is 0 Å². The van der Waals surface area contributed by atoms with Gasteiger partial charge >= 0.3 is 5.69 Å². The lowest BCUT2D eigenvalue weighted by Crippen LogP contribution is -2.19. The zero-order valence-electron chi connectivity index (χ0n) is 15.4. The van der Waals surface area contributed by atoms with Gasteiger partial charge in [-0.05, 0) is 42.5 Å². The van der Waals surface area contributed by atoms with Crippen LogP contribution in [0, 0.1) is 0 Å². The molecule has 0 radical (unpaired) electrons. The molecule has 5 nitrogen and oxygen atoms in total. The Balaban J connectivity index is 1.86. The van der Waals surface area contributed by atoms with Gasteiger partial charge < -0.3 is 0 Å². The SMILES string of the molecule is Cn1c(=O)n(C)c2cc(-n3c(-c4cccc(Br)c4)nc4ccccc43)ccc21. The third kappa shape index (κ3) is 2.45. The minimum absolute atomic E-state index is 0.0325. The standard InChI is InChI=1S/C22H17BrN4O/c1-25-19-11-10-16(13-20(19)26(2)22(25)28)27-18-9-4-3-8-17(18)24-21(27)14-6-5-7-15(23)12-14/h3-13H,1-2H3. The van der Waals surface area contributed by atoms with Crippen LogP contribution in [-0.2, 0) is 14.1 Å². The van der Waals surface area contributed by atoms with E-state index in [9.17, 15) is 4.79 Å². The van der Waals surface area contributed by atoms with E-state index in [4.69, 9.17) is 4.98 Å². The van der Waals surface area contributed by atoms with Gasteiger partial charge in [0.25, 0.3) is 0 Å². The van der Waals surface area contributed by atoms with E-state index in [2.05, 4.69) is 38.7 Å². The summed E-state index contributed by atoms with van der Waals surface area (Å²) in [6.07, 6.45) is 0. The van der Waals surface area contributed by atoms with Crippen molar-refractivity contribution in [1.82, 2.24) is 18.7 Å². The Labute approximate surface area is 169 Å². The highest BCUT2D eigenvalue weighted by Gasteiger charge is 2.16. The molecular formula is C22H17BrN4O. The third-order valence-corrected chi connectivity index (χ3v) is 5.65. The number of halogens is 1. The minimum Gasteiger partial charge on any atom is -0.295 e. The quantitative estimate of drug-likeness (QED) is 0.407. The van der Waals surface area contributed by atoms with Crippen molar-refractivity contribution in [3.63, 3.8) is 0 Å². The van der Waals surface area contributed by atoms with Gasteiger partial charge in [-0.2, -0.15) is 0 Å². The number of nitrogens with zero attached hydrogens (tertiary/aromatic N) is 4. The highest BCUT2D eigenvalue weighted by Crippen LogP contribution is 2.31. The van der Waals surface area contributed by atoms with E-state index in [1.807, 2.05) is 48.5 Å². The Morgan fingerprint density at radius 2 is 1.61 bits per heavy atom. The first kappa shape index (κ1) is 17.0. The summed E-state index contributed by atoms with van der Waals surface area (Å²) >= 11 is 3.56. The monoisotopic (exact) mass is 432 g/mol. The van der Waals surface area contributed by atoms with E-state index in [1.54, 1.807) is 23.2 Å². The summed E-state index contributed by atoms with van der Waals surface area (Å²) in [5.41, 5.74) is 5.71. The molecule has 0 amide bonds. The second-order valence-corrected chi connectivity index (χ2v) is 7.76. The fourth-order valence-electron chi connectivity index (χ4n) is 3.74. The molecule has 0 N–H and O–H groups in total. The van der Waals surface area contributed by atoms with Gasteiger partial charge in [-0.3, -0.25) is 13.7 Å². The number of aryl methyl sites for hydroxylation is 2. The van der Waals surface area contributed by atoms with Crippen LogP contribution in [-0.4, -0.2) is 18.7 Å². The average molecular weight is 433 g/mol. The number of hydrogen-bond donors (Lipinski definition) is 0. The van der Waals surface area contributed by atoms with Crippen LogP contribution in [0.15, 0.2) is 76.0 Å². The fourth-order valence-corrected chi connectivity index (χ4v) is 4.14. The molecule has 5 aromatic rings. The molecule has 0 aliphatic rings. The van der Waals surface area contributed by atoms with Crippen molar-refractivity contribution in [2.75, 3.05) is 0 Å². The van der Waals surface area contributed by atoms with Crippen molar-refractivity contribution in [1.29, 1.82) is 0 Å². The van der Waals surface area contributed by atoms with Gasteiger partial charge in [0.1, 0.15) is 5.82 Å². The van der Waals surface area contributed by atoms with Gasteiger partial charge in [-0.15, -0.1) is 0 Å². The summed E-state index contributed by atoms with van der Waals surface area (Å²) in [4.78, 5) is 17.2. The number of benzene rings is 3. The first-order valence-electron chi connectivity index (χ1n) is 8.94. The van der Waals surface area contributed by atoms with E-state index in [-0.39, 0.29) is 5.69 Å². The number of fused-ring (bicyclic) bond motifs is 2. The molecule has 3 aromatic carbocycles. The second-order valence-electron chi connectivity index (χ2n) is 6.84. The van der Waals surface area contributed by atoms with Gasteiger partial charge in [0, 0.05) is 29.8 Å². The van der Waals surface area contributed by atoms with Crippen LogP contribution in [0.1, 0.15) is 0 Å². The van der Waals surface area contributed by atoms with Crippen LogP contribution in [0.5, 0.6) is 0 Å². The van der Waals surface area contributed by atoms with Crippen molar-refractivity contribution in [2.45, 2.75) is 0 Å². The molecule has 28 heavy (non-hydrogen) atoms. The summed E-state index contributed by atoms with van der Waals surface area (Å²) < 4.78 is 6.50. The molecule has 0 aliphatic carbocycles. The zero-order valence-corrected chi connectivity index (χ0v) is 17.0. The Bertz CT molecular complexity index is 1420. The maximum Gasteiger partial charge on any atom is 0.328 e. The summed E-state index contributed by atoms with van der Waals surface area (Å²) in [6.45, 7) is 0. The molecule has 0 unspecified atom stereocenters. The van der Waals surface area contributed by atoms with Crippen LogP contribution < -0.4 is 5.69 Å². The number of aromatic nitrogens is 4. The molecule has 138 valence electrons. The van der Waals surface area contributed by atoms with Crippen LogP contribution in [0.4, 0.5) is 0 Å². The molecule has 6 heteroatoms. The Morgan fingerprint density at radius 3 is 2.43 bits per heavy atom. The summed E-state index contributed by atoms with van der Waals surface area (Å²) in [7, 11) is 3.60. The molecule has 2 aromatic heterocycles. The molecule has 0 atom stereocenters. The van der Waals surface area contributed by atoms with Crippen LogP contribution in [0.2, 0.25) is 0 Å². The van der Waals surface area contributed by atoms with Crippen molar-refractivity contribution < 1.29 is 0 Å². The first-order chi connectivity index (χ1) is 13.5. The van der Waals surface area contributed by atoms with Crippen LogP contribution in [0.25, 0.3) is 39.1 Å². The summed E-state index contributed by atoms with van der Waals surface area (Å²) in [5.74, 6) is 0.864. The van der Waals surface area contributed by atoms with Crippen LogP contribution in [0.3, 0.4) is 0 Å². The maximum absolute atomic E-state index is 12.3. The normalized spacial score (nSPS) is 11.5. The van der Waals surface area contributed by atoms with Crippen molar-refractivity contribution >= 4 is 38.0 Å². The maximum atomic E-state index is 12.3. The number of para-hydroxylation sites is 2. The molecule has 0 aliphatic heterocycles. The molecule has 0 fully saturated rings. The third-order valence-electron chi connectivity index (χ3n) is 5.16. The highest BCUT2D eigenvalue weighted by atomic mass is 79.9. The smallest absolute Gasteiger partial charge is 0.295 e. The van der Waals surface area contributed by atoms with Crippen molar-refractivity contribution in [2.24, 2.45) is 14.1 Å². The lowest BCUT2D eigenvalue weighted by atomic mass is 10.2. The zero-order chi connectivity index (χ0) is 19.4. The van der Waals surface area contributed by atoms with Crippen molar-refractivity contribution in [3.05, 3.63) is 81.7 Å². The minimum atomic E-state index is -0.0325. The molecule has 0 bridgehead atoms. The Morgan fingerprint density at radius 1 is 0.821 bits per heavy atom. The van der Waals surface area contributed by atoms with E-state index in [0.717, 1.165) is 43.6 Å². The predicted octanol–water partition coefficient (Wildman–Crippen LogP) is 4.65. The molecule has 0 spiro atoms. The lowest BCUT2D eigenvalue weighted by molar-refractivity contribution is 0.795. The molecule has 0 saturated heterocycles. The van der Waals surface area contributed by atoms with Crippen molar-refractivity contribution in [3.8, 4) is 17.1 Å². The largest absolute Gasteiger partial charge is 0.328 e. The van der Waals surface area contributed by atoms with Crippen LogP contribution >= 0.6 is 15.9 Å². The van der Waals surface area contributed by atoms with E-state index in [0.29, 0.717) is 0 Å². The predicted molar refractivity (Wildman–Crippen MR) is 116 cm³/mol. The van der Waals surface area contributed by atoms with Gasteiger partial charge in [0.15, 0.2) is 0 Å². The number of imidazole rings is 2. The van der Waals surface area contributed by atoms with Gasteiger partial charge in [-0.1, -0.05) is 40.2 Å². The second kappa shape index (κ2) is 6.21. The molecule has 2 heterocycles. The van der Waals surface area contributed by atoms with E-state index < -0.39 is 0 Å². The Hall–Kier alpha value is -3.12. The summed E-state index contributed by atoms with van der Waals surface area (Å²) in [5, 5.41) is 0. The molecule has 5 rings (SSSR count). The van der Waals surface area contributed by atoms with Gasteiger partial charge in [0.2, 0.25) is 0 Å². The molecule has 0 saturated carbocycles. The van der Waals surface area contributed by atoms with Gasteiger partial charge in [0.05, 0.1) is 22.1 Å². The number of hydrogen-bond acceptors (Lipinski definition) is 2. The topological polar surface area (TPSA) is 44.8 Å². The fraction of sp³-hybridized carbons (Fsp3) is 0.0909.